The van der Waals surface area contributed by atoms with Gasteiger partial charge < -0.3 is 10.1 Å². The quantitative estimate of drug-likeness (QED) is 0.742. The van der Waals surface area contributed by atoms with Crippen molar-refractivity contribution in [1.29, 1.82) is 0 Å². The van der Waals surface area contributed by atoms with Gasteiger partial charge in [0, 0.05) is 11.6 Å². The minimum Gasteiger partial charge on any atom is -0.490 e. The first kappa shape index (κ1) is 9.46. The van der Waals surface area contributed by atoms with Crippen LogP contribution in [0.25, 0.3) is 0 Å². The molecule has 0 saturated heterocycles. The smallest absolute Gasteiger partial charge is 0.165 e. The molecular weight excluding hydrogens is 181 g/mol. The lowest BCUT2D eigenvalue weighted by Crippen LogP contribution is -2.15. The summed E-state index contributed by atoms with van der Waals surface area (Å²) in [6.45, 7) is 0.603. The lowest BCUT2D eigenvalue weighted by atomic mass is 10.0. The molecule has 1 aromatic rings. The van der Waals surface area contributed by atoms with Gasteiger partial charge in [-0.25, -0.2) is 4.39 Å². The summed E-state index contributed by atoms with van der Waals surface area (Å²) in [5, 5.41) is 3.18. The van der Waals surface area contributed by atoms with E-state index in [4.69, 9.17) is 4.74 Å². The van der Waals surface area contributed by atoms with Crippen molar-refractivity contribution in [2.75, 3.05) is 13.7 Å². The second kappa shape index (κ2) is 3.96. The molecule has 1 heterocycles. The molecule has 1 aliphatic heterocycles. The Hall–Kier alpha value is -1.09. The fourth-order valence-electron chi connectivity index (χ4n) is 1.87. The van der Waals surface area contributed by atoms with Gasteiger partial charge in [-0.05, 0) is 26.0 Å². The van der Waals surface area contributed by atoms with Gasteiger partial charge in [0.1, 0.15) is 0 Å². The van der Waals surface area contributed by atoms with Crippen molar-refractivity contribution in [3.63, 3.8) is 0 Å². The Balaban J connectivity index is 2.44. The molecule has 1 unspecified atom stereocenters. The summed E-state index contributed by atoms with van der Waals surface area (Å²) in [4.78, 5) is 0. The first-order valence-electron chi connectivity index (χ1n) is 4.91. The van der Waals surface area contributed by atoms with E-state index in [-0.39, 0.29) is 11.9 Å². The maximum Gasteiger partial charge on any atom is 0.165 e. The number of ether oxygens (including phenoxy) is 1. The van der Waals surface area contributed by atoms with Crippen molar-refractivity contribution in [1.82, 2.24) is 5.32 Å². The van der Waals surface area contributed by atoms with E-state index in [2.05, 4.69) is 5.32 Å². The number of halogens is 1. The lowest BCUT2D eigenvalue weighted by molar-refractivity contribution is 0.300. The standard InChI is InChI=1S/C11H14FNO/c1-13-10-6-3-7-14-11-8(10)4-2-5-9(11)12/h2,4-5,10,13H,3,6-7H2,1H3. The minimum absolute atomic E-state index is 0.211. The third-order valence-electron chi connectivity index (χ3n) is 2.60. The van der Waals surface area contributed by atoms with Crippen LogP contribution in [0.2, 0.25) is 0 Å². The summed E-state index contributed by atoms with van der Waals surface area (Å²) in [6.07, 6.45) is 1.95. The molecule has 0 bridgehead atoms. The number of benzene rings is 1. The van der Waals surface area contributed by atoms with Crippen molar-refractivity contribution >= 4 is 0 Å². The number of hydrogen-bond donors (Lipinski definition) is 1. The van der Waals surface area contributed by atoms with Crippen LogP contribution in [0.15, 0.2) is 18.2 Å². The first-order chi connectivity index (χ1) is 6.83. The van der Waals surface area contributed by atoms with Crippen molar-refractivity contribution in [3.05, 3.63) is 29.6 Å². The van der Waals surface area contributed by atoms with Crippen LogP contribution in [0, 0.1) is 5.82 Å². The fourth-order valence-corrected chi connectivity index (χ4v) is 1.87. The van der Waals surface area contributed by atoms with E-state index < -0.39 is 0 Å². The number of para-hydroxylation sites is 1. The molecule has 76 valence electrons. The molecule has 0 fully saturated rings. The zero-order chi connectivity index (χ0) is 9.97. The van der Waals surface area contributed by atoms with Crippen molar-refractivity contribution in [2.45, 2.75) is 18.9 Å². The van der Waals surface area contributed by atoms with Gasteiger partial charge in [0.2, 0.25) is 0 Å². The van der Waals surface area contributed by atoms with Crippen LogP contribution < -0.4 is 10.1 Å². The van der Waals surface area contributed by atoms with Gasteiger partial charge in [-0.2, -0.15) is 0 Å². The highest BCUT2D eigenvalue weighted by Gasteiger charge is 2.20. The lowest BCUT2D eigenvalue weighted by Gasteiger charge is -2.15. The number of rotatable bonds is 1. The predicted octanol–water partition coefficient (Wildman–Crippen LogP) is 2.26. The SMILES string of the molecule is CNC1CCCOc2c(F)cccc21. The molecule has 2 nitrogen and oxygen atoms in total. The second-order valence-corrected chi connectivity index (χ2v) is 3.49. The molecule has 2 rings (SSSR count). The summed E-state index contributed by atoms with van der Waals surface area (Å²) >= 11 is 0. The molecule has 0 amide bonds. The van der Waals surface area contributed by atoms with Gasteiger partial charge in [0.05, 0.1) is 6.61 Å². The Kier molecular flexibility index (Phi) is 2.68. The Labute approximate surface area is 83.1 Å². The highest BCUT2D eigenvalue weighted by Crippen LogP contribution is 2.32. The van der Waals surface area contributed by atoms with Crippen LogP contribution >= 0.6 is 0 Å². The maximum absolute atomic E-state index is 13.4. The van der Waals surface area contributed by atoms with E-state index in [0.29, 0.717) is 12.4 Å². The first-order valence-corrected chi connectivity index (χ1v) is 4.91. The topological polar surface area (TPSA) is 21.3 Å². The second-order valence-electron chi connectivity index (χ2n) is 3.49. The molecule has 0 saturated carbocycles. The number of fused-ring (bicyclic) bond motifs is 1. The average molecular weight is 195 g/mol. The monoisotopic (exact) mass is 195 g/mol. The Morgan fingerprint density at radius 1 is 1.50 bits per heavy atom. The third-order valence-corrected chi connectivity index (χ3v) is 2.60. The normalized spacial score (nSPS) is 20.9. The fraction of sp³-hybridized carbons (Fsp3) is 0.455. The molecule has 0 aromatic heterocycles. The Bertz CT molecular complexity index is 327. The zero-order valence-electron chi connectivity index (χ0n) is 8.22. The van der Waals surface area contributed by atoms with E-state index in [1.165, 1.54) is 6.07 Å². The average Bonchev–Trinajstić information content (AvgIpc) is 2.40. The predicted molar refractivity (Wildman–Crippen MR) is 52.9 cm³/mol. The Morgan fingerprint density at radius 2 is 2.36 bits per heavy atom. The summed E-state index contributed by atoms with van der Waals surface area (Å²) in [5.41, 5.74) is 0.935. The molecule has 1 N–H and O–H groups in total. The molecule has 1 atom stereocenters. The highest BCUT2D eigenvalue weighted by molar-refractivity contribution is 5.38. The van der Waals surface area contributed by atoms with Crippen molar-refractivity contribution in [2.24, 2.45) is 0 Å². The van der Waals surface area contributed by atoms with Crippen LogP contribution in [0.4, 0.5) is 4.39 Å². The zero-order valence-corrected chi connectivity index (χ0v) is 8.22. The van der Waals surface area contributed by atoms with Crippen molar-refractivity contribution in [3.8, 4) is 5.75 Å². The number of hydrogen-bond acceptors (Lipinski definition) is 2. The molecule has 1 aromatic carbocycles. The molecule has 1 aliphatic rings. The largest absolute Gasteiger partial charge is 0.490 e. The van der Waals surface area contributed by atoms with Crippen LogP contribution in [-0.4, -0.2) is 13.7 Å². The van der Waals surface area contributed by atoms with E-state index in [1.807, 2.05) is 13.1 Å². The molecule has 0 spiro atoms. The van der Waals surface area contributed by atoms with Gasteiger partial charge in [-0.15, -0.1) is 0 Å². The minimum atomic E-state index is -0.260. The highest BCUT2D eigenvalue weighted by atomic mass is 19.1. The molecular formula is C11H14FNO. The summed E-state index contributed by atoms with van der Waals surface area (Å²) < 4.78 is 18.8. The molecule has 0 radical (unpaired) electrons. The van der Waals surface area contributed by atoms with Gasteiger partial charge in [-0.1, -0.05) is 12.1 Å². The van der Waals surface area contributed by atoms with Gasteiger partial charge in [0.25, 0.3) is 0 Å². The van der Waals surface area contributed by atoms with E-state index in [0.717, 1.165) is 18.4 Å². The molecule has 14 heavy (non-hydrogen) atoms. The molecule has 3 heteroatoms. The van der Waals surface area contributed by atoms with E-state index >= 15 is 0 Å². The maximum atomic E-state index is 13.4. The van der Waals surface area contributed by atoms with Gasteiger partial charge in [-0.3, -0.25) is 0 Å². The number of nitrogens with one attached hydrogen (secondary N) is 1. The van der Waals surface area contributed by atoms with Crippen LogP contribution in [0.3, 0.4) is 0 Å². The summed E-state index contributed by atoms with van der Waals surface area (Å²) in [5.74, 6) is 0.161. The summed E-state index contributed by atoms with van der Waals surface area (Å²) in [7, 11) is 1.89. The Morgan fingerprint density at radius 3 is 3.14 bits per heavy atom. The van der Waals surface area contributed by atoms with Gasteiger partial charge >= 0.3 is 0 Å². The van der Waals surface area contributed by atoms with E-state index in [9.17, 15) is 4.39 Å². The summed E-state index contributed by atoms with van der Waals surface area (Å²) in [6, 6.07) is 5.30. The third kappa shape index (κ3) is 1.60. The van der Waals surface area contributed by atoms with Crippen LogP contribution in [0.1, 0.15) is 24.4 Å². The molecule has 0 aliphatic carbocycles. The van der Waals surface area contributed by atoms with Crippen LogP contribution in [0.5, 0.6) is 5.75 Å². The van der Waals surface area contributed by atoms with Crippen molar-refractivity contribution < 1.29 is 9.13 Å². The van der Waals surface area contributed by atoms with E-state index in [1.54, 1.807) is 6.07 Å². The van der Waals surface area contributed by atoms with Crippen LogP contribution in [-0.2, 0) is 0 Å². The van der Waals surface area contributed by atoms with Gasteiger partial charge in [0.15, 0.2) is 11.6 Å².